The van der Waals surface area contributed by atoms with E-state index in [1.165, 1.54) is 20.1 Å². The minimum atomic E-state index is -3.86. The van der Waals surface area contributed by atoms with Crippen LogP contribution in [0.5, 0.6) is 11.5 Å². The molecule has 1 aromatic carbocycles. The summed E-state index contributed by atoms with van der Waals surface area (Å²) >= 11 is 0. The lowest BCUT2D eigenvalue weighted by molar-refractivity contribution is -0.174. The number of methoxy groups -OCH3 is 1. The third kappa shape index (κ3) is 3.71. The predicted molar refractivity (Wildman–Crippen MR) is 70.4 cm³/mol. The maximum atomic E-state index is 13.7. The van der Waals surface area contributed by atoms with Crippen LogP contribution in [0.1, 0.15) is 18.5 Å². The number of esters is 1. The van der Waals surface area contributed by atoms with Gasteiger partial charge in [0.2, 0.25) is 0 Å². The van der Waals surface area contributed by atoms with Gasteiger partial charge in [-0.05, 0) is 24.6 Å². The predicted octanol–water partition coefficient (Wildman–Crippen LogP) is 2.02. The van der Waals surface area contributed by atoms with E-state index in [-0.39, 0.29) is 36.1 Å². The summed E-state index contributed by atoms with van der Waals surface area (Å²) in [4.78, 5) is 11.2. The Kier molecular flexibility index (Phi) is 6.67. The lowest BCUT2D eigenvalue weighted by Crippen LogP contribution is -2.41. The monoisotopic (exact) mass is 311 g/mol. The van der Waals surface area contributed by atoms with Gasteiger partial charge in [0.25, 0.3) is 0 Å². The summed E-state index contributed by atoms with van der Waals surface area (Å²) in [7, 11) is 1.27. The number of nitrogens with two attached hydrogens (primary N) is 1. The summed E-state index contributed by atoms with van der Waals surface area (Å²) < 4.78 is 36.5. The van der Waals surface area contributed by atoms with E-state index in [0.717, 1.165) is 12.1 Å². The number of phenols is 1. The van der Waals surface area contributed by atoms with Gasteiger partial charge in [0.1, 0.15) is 6.04 Å². The molecule has 0 fully saturated rings. The Labute approximate surface area is 121 Å². The van der Waals surface area contributed by atoms with E-state index in [4.69, 9.17) is 10.5 Å². The van der Waals surface area contributed by atoms with Crippen molar-refractivity contribution in [1.82, 2.24) is 0 Å². The van der Waals surface area contributed by atoms with Crippen LogP contribution in [0, 0.1) is 0 Å². The Balaban J connectivity index is 0.00000361. The molecule has 3 N–H and O–H groups in total. The smallest absolute Gasteiger partial charge is 0.379 e. The summed E-state index contributed by atoms with van der Waals surface area (Å²) in [6.07, 6.45) is 0. The number of alkyl halides is 2. The van der Waals surface area contributed by atoms with Crippen LogP contribution in [-0.4, -0.2) is 30.7 Å². The van der Waals surface area contributed by atoms with Gasteiger partial charge in [-0.1, -0.05) is 6.07 Å². The summed E-state index contributed by atoms with van der Waals surface area (Å²) in [5.41, 5.74) is 5.34. The molecule has 8 heteroatoms. The number of phenolic OH excluding ortho intramolecular Hbond substituents is 1. The number of hydrogen-bond donors (Lipinski definition) is 2. The number of ether oxygens (including phenoxy) is 2. The fourth-order valence-corrected chi connectivity index (χ4v) is 1.45. The van der Waals surface area contributed by atoms with E-state index in [1.54, 1.807) is 0 Å². The number of carbonyl (C=O) groups is 1. The van der Waals surface area contributed by atoms with Crippen molar-refractivity contribution in [1.29, 1.82) is 0 Å². The van der Waals surface area contributed by atoms with Gasteiger partial charge in [-0.3, -0.25) is 0 Å². The molecule has 0 aliphatic heterocycles. The molecule has 0 unspecified atom stereocenters. The van der Waals surface area contributed by atoms with Crippen LogP contribution in [0.25, 0.3) is 0 Å². The van der Waals surface area contributed by atoms with Gasteiger partial charge in [0.15, 0.2) is 11.5 Å². The van der Waals surface area contributed by atoms with Gasteiger partial charge in [-0.25, -0.2) is 4.79 Å². The number of carbonyl (C=O) groups excluding carboxylic acids is 1. The standard InChI is InChI=1S/C12H15F2NO4.ClH/c1-3-19-11(17)12(13,14)10(15)7-4-5-8(16)9(6-7)18-2;/h4-6,10,16H,3,15H2,1-2H3;1H/t10-;/m0./s1. The van der Waals surface area contributed by atoms with E-state index in [9.17, 15) is 18.7 Å². The number of rotatable bonds is 5. The van der Waals surface area contributed by atoms with Crippen molar-refractivity contribution in [2.45, 2.75) is 18.9 Å². The van der Waals surface area contributed by atoms with Crippen LogP contribution in [0.2, 0.25) is 0 Å². The van der Waals surface area contributed by atoms with Gasteiger partial charge in [0.05, 0.1) is 13.7 Å². The molecule has 1 rings (SSSR count). The lowest BCUT2D eigenvalue weighted by Gasteiger charge is -2.22. The van der Waals surface area contributed by atoms with Crippen LogP contribution in [0.15, 0.2) is 18.2 Å². The molecule has 114 valence electrons. The molecule has 20 heavy (non-hydrogen) atoms. The Morgan fingerprint density at radius 1 is 1.50 bits per heavy atom. The second-order valence-electron chi connectivity index (χ2n) is 3.75. The van der Waals surface area contributed by atoms with Crippen molar-refractivity contribution >= 4 is 18.4 Å². The van der Waals surface area contributed by atoms with E-state index < -0.39 is 17.9 Å². The van der Waals surface area contributed by atoms with Gasteiger partial charge in [-0.2, -0.15) is 8.78 Å². The first kappa shape index (κ1) is 18.4. The van der Waals surface area contributed by atoms with Crippen LogP contribution in [0.3, 0.4) is 0 Å². The average Bonchev–Trinajstić information content (AvgIpc) is 2.38. The molecule has 0 aromatic heterocycles. The molecule has 1 aromatic rings. The highest BCUT2D eigenvalue weighted by Gasteiger charge is 2.47. The van der Waals surface area contributed by atoms with E-state index in [2.05, 4.69) is 4.74 Å². The normalized spacial score (nSPS) is 12.2. The molecular formula is C12H16ClF2NO4. The quantitative estimate of drug-likeness (QED) is 0.813. The molecule has 0 amide bonds. The highest BCUT2D eigenvalue weighted by molar-refractivity contribution is 5.85. The highest BCUT2D eigenvalue weighted by atomic mass is 35.5. The van der Waals surface area contributed by atoms with Gasteiger partial charge in [-0.15, -0.1) is 12.4 Å². The van der Waals surface area contributed by atoms with E-state index in [1.807, 2.05) is 0 Å². The van der Waals surface area contributed by atoms with Crippen LogP contribution >= 0.6 is 12.4 Å². The lowest BCUT2D eigenvalue weighted by atomic mass is 10.0. The minimum absolute atomic E-state index is 0. The Morgan fingerprint density at radius 2 is 2.10 bits per heavy atom. The molecule has 0 spiro atoms. The van der Waals surface area contributed by atoms with Crippen molar-refractivity contribution in [2.75, 3.05) is 13.7 Å². The van der Waals surface area contributed by atoms with E-state index >= 15 is 0 Å². The molecule has 0 aliphatic rings. The van der Waals surface area contributed by atoms with Crippen LogP contribution in [0.4, 0.5) is 8.78 Å². The fourth-order valence-electron chi connectivity index (χ4n) is 1.45. The first-order valence-electron chi connectivity index (χ1n) is 5.52. The molecule has 0 saturated heterocycles. The topological polar surface area (TPSA) is 81.8 Å². The Hall–Kier alpha value is -1.60. The molecule has 0 saturated carbocycles. The number of hydrogen-bond acceptors (Lipinski definition) is 5. The molecule has 0 aliphatic carbocycles. The Morgan fingerprint density at radius 3 is 2.60 bits per heavy atom. The van der Waals surface area contributed by atoms with Crippen molar-refractivity contribution in [3.63, 3.8) is 0 Å². The van der Waals surface area contributed by atoms with Crippen molar-refractivity contribution in [3.05, 3.63) is 23.8 Å². The largest absolute Gasteiger partial charge is 0.504 e. The maximum absolute atomic E-state index is 13.7. The van der Waals surface area contributed by atoms with Crippen molar-refractivity contribution in [2.24, 2.45) is 5.73 Å². The third-order valence-corrected chi connectivity index (χ3v) is 2.50. The van der Waals surface area contributed by atoms with Crippen LogP contribution in [-0.2, 0) is 9.53 Å². The first-order valence-corrected chi connectivity index (χ1v) is 5.52. The molecule has 1 atom stereocenters. The molecule has 0 bridgehead atoms. The van der Waals surface area contributed by atoms with E-state index in [0.29, 0.717) is 0 Å². The summed E-state index contributed by atoms with van der Waals surface area (Å²) in [6, 6.07) is 1.61. The zero-order valence-corrected chi connectivity index (χ0v) is 11.7. The van der Waals surface area contributed by atoms with Crippen LogP contribution < -0.4 is 10.5 Å². The summed E-state index contributed by atoms with van der Waals surface area (Å²) in [6.45, 7) is 1.25. The average molecular weight is 312 g/mol. The summed E-state index contributed by atoms with van der Waals surface area (Å²) in [5, 5.41) is 9.37. The molecular weight excluding hydrogens is 296 g/mol. The number of benzene rings is 1. The van der Waals surface area contributed by atoms with Crippen molar-refractivity contribution in [3.8, 4) is 11.5 Å². The number of aromatic hydroxyl groups is 1. The highest BCUT2D eigenvalue weighted by Crippen LogP contribution is 2.35. The minimum Gasteiger partial charge on any atom is -0.504 e. The van der Waals surface area contributed by atoms with Gasteiger partial charge < -0.3 is 20.3 Å². The zero-order valence-electron chi connectivity index (χ0n) is 10.9. The molecule has 0 heterocycles. The second-order valence-corrected chi connectivity index (χ2v) is 3.75. The maximum Gasteiger partial charge on any atom is 0.379 e. The Bertz CT molecular complexity index is 471. The summed E-state index contributed by atoms with van der Waals surface area (Å²) in [5.74, 6) is -5.77. The van der Waals surface area contributed by atoms with Gasteiger partial charge in [0, 0.05) is 0 Å². The third-order valence-electron chi connectivity index (χ3n) is 2.50. The number of halogens is 3. The molecule has 0 radical (unpaired) electrons. The SMILES string of the molecule is CCOC(=O)C(F)(F)[C@@H](N)c1ccc(O)c(OC)c1.Cl. The fraction of sp³-hybridized carbons (Fsp3) is 0.417. The van der Waals surface area contributed by atoms with Crippen molar-refractivity contribution < 1.29 is 28.2 Å². The van der Waals surface area contributed by atoms with Gasteiger partial charge >= 0.3 is 11.9 Å². The first-order chi connectivity index (χ1) is 8.84. The molecule has 5 nitrogen and oxygen atoms in total. The zero-order chi connectivity index (χ0) is 14.6. The second kappa shape index (κ2) is 7.25.